The van der Waals surface area contributed by atoms with Crippen molar-refractivity contribution >= 4 is 16.2 Å². The number of aliphatic carboxylic acids is 1. The summed E-state index contributed by atoms with van der Waals surface area (Å²) < 4.78 is 28.9. The van der Waals surface area contributed by atoms with Crippen molar-refractivity contribution in [3.8, 4) is 0 Å². The molecule has 1 aliphatic heterocycles. The van der Waals surface area contributed by atoms with Crippen LogP contribution in [-0.4, -0.2) is 42.9 Å². The number of carboxylic acids is 1. The van der Waals surface area contributed by atoms with Gasteiger partial charge in [0.05, 0.1) is 5.41 Å². The maximum absolute atomic E-state index is 12.4. The molecule has 0 amide bonds. The van der Waals surface area contributed by atoms with Crippen LogP contribution >= 0.6 is 0 Å². The van der Waals surface area contributed by atoms with E-state index in [0.29, 0.717) is 31.8 Å². The lowest BCUT2D eigenvalue weighted by Crippen LogP contribution is -2.53. The van der Waals surface area contributed by atoms with Gasteiger partial charge in [-0.25, -0.2) is 0 Å². The van der Waals surface area contributed by atoms with Gasteiger partial charge in [-0.05, 0) is 38.5 Å². The van der Waals surface area contributed by atoms with Crippen LogP contribution in [0.3, 0.4) is 0 Å². The van der Waals surface area contributed by atoms with E-state index >= 15 is 0 Å². The highest BCUT2D eigenvalue weighted by Crippen LogP contribution is 2.38. The van der Waals surface area contributed by atoms with Gasteiger partial charge in [0.2, 0.25) is 0 Å². The van der Waals surface area contributed by atoms with Crippen molar-refractivity contribution in [1.29, 1.82) is 0 Å². The average Bonchev–Trinajstić information content (AvgIpc) is 2.72. The first kappa shape index (κ1) is 15.7. The van der Waals surface area contributed by atoms with Crippen molar-refractivity contribution in [1.82, 2.24) is 9.03 Å². The van der Waals surface area contributed by atoms with E-state index in [1.807, 2.05) is 6.92 Å². The molecule has 0 aromatic heterocycles. The molecular formula is C13H24N2O4S. The number of hydrogen-bond donors (Lipinski definition) is 2. The minimum Gasteiger partial charge on any atom is -0.481 e. The average molecular weight is 304 g/mol. The lowest BCUT2D eigenvalue weighted by atomic mass is 9.85. The SMILES string of the molecule is CC1CCCN(S(=O)(=O)NC2CCCC2(C)C(=O)O)C1. The Balaban J connectivity index is 2.10. The zero-order valence-electron chi connectivity index (χ0n) is 12.1. The molecule has 2 rings (SSSR count). The Morgan fingerprint density at radius 3 is 2.65 bits per heavy atom. The summed E-state index contributed by atoms with van der Waals surface area (Å²) in [4.78, 5) is 11.4. The molecule has 0 spiro atoms. The van der Waals surface area contributed by atoms with Gasteiger partial charge in [0, 0.05) is 19.1 Å². The van der Waals surface area contributed by atoms with E-state index in [2.05, 4.69) is 4.72 Å². The van der Waals surface area contributed by atoms with Gasteiger partial charge in [-0.1, -0.05) is 13.3 Å². The molecule has 2 N–H and O–H groups in total. The molecule has 2 fully saturated rings. The first-order chi connectivity index (χ1) is 9.25. The van der Waals surface area contributed by atoms with Gasteiger partial charge < -0.3 is 5.11 Å². The fourth-order valence-electron chi connectivity index (χ4n) is 3.23. The summed E-state index contributed by atoms with van der Waals surface area (Å²) in [6.07, 6.45) is 3.76. The molecule has 1 saturated heterocycles. The smallest absolute Gasteiger partial charge is 0.310 e. The van der Waals surface area contributed by atoms with E-state index in [0.717, 1.165) is 19.3 Å². The van der Waals surface area contributed by atoms with E-state index in [4.69, 9.17) is 0 Å². The fraction of sp³-hybridized carbons (Fsp3) is 0.923. The summed E-state index contributed by atoms with van der Waals surface area (Å²) >= 11 is 0. The van der Waals surface area contributed by atoms with E-state index in [9.17, 15) is 18.3 Å². The highest BCUT2D eigenvalue weighted by Gasteiger charge is 2.47. The second kappa shape index (κ2) is 5.61. The summed E-state index contributed by atoms with van der Waals surface area (Å²) in [5.41, 5.74) is -0.992. The van der Waals surface area contributed by atoms with Crippen LogP contribution in [0.5, 0.6) is 0 Å². The molecule has 1 aliphatic carbocycles. The lowest BCUT2D eigenvalue weighted by molar-refractivity contribution is -0.148. The standard InChI is InChI=1S/C13H24N2O4S/c1-10-5-4-8-15(9-10)20(18,19)14-11-6-3-7-13(11,2)12(16)17/h10-11,14H,3-9H2,1-2H3,(H,16,17). The zero-order valence-corrected chi connectivity index (χ0v) is 12.9. The summed E-state index contributed by atoms with van der Waals surface area (Å²) in [5, 5.41) is 9.34. The lowest BCUT2D eigenvalue weighted by Gasteiger charge is -2.33. The largest absolute Gasteiger partial charge is 0.481 e. The van der Waals surface area contributed by atoms with Crippen molar-refractivity contribution in [2.24, 2.45) is 11.3 Å². The van der Waals surface area contributed by atoms with E-state index < -0.39 is 27.6 Å². The number of carbonyl (C=O) groups is 1. The third-order valence-electron chi connectivity index (χ3n) is 4.70. The van der Waals surface area contributed by atoms with Crippen molar-refractivity contribution < 1.29 is 18.3 Å². The Kier molecular flexibility index (Phi) is 4.41. The quantitative estimate of drug-likeness (QED) is 0.817. The van der Waals surface area contributed by atoms with Gasteiger partial charge in [0.15, 0.2) is 0 Å². The molecule has 0 bridgehead atoms. The first-order valence-electron chi connectivity index (χ1n) is 7.26. The predicted octanol–water partition coefficient (Wildman–Crippen LogP) is 1.20. The molecular weight excluding hydrogens is 280 g/mol. The Morgan fingerprint density at radius 1 is 1.35 bits per heavy atom. The molecule has 0 aromatic carbocycles. The minimum atomic E-state index is -3.58. The molecule has 2 aliphatic rings. The van der Waals surface area contributed by atoms with Gasteiger partial charge in [-0.2, -0.15) is 17.4 Å². The number of nitrogens with one attached hydrogen (secondary N) is 1. The number of carboxylic acid groups (broad SMARTS) is 1. The highest BCUT2D eigenvalue weighted by atomic mass is 32.2. The topological polar surface area (TPSA) is 86.7 Å². The molecule has 3 unspecified atom stereocenters. The fourth-order valence-corrected chi connectivity index (χ4v) is 4.94. The second-order valence-corrected chi connectivity index (χ2v) is 8.10. The predicted molar refractivity (Wildman–Crippen MR) is 75.4 cm³/mol. The van der Waals surface area contributed by atoms with Crippen molar-refractivity contribution in [2.45, 2.75) is 52.0 Å². The molecule has 116 valence electrons. The van der Waals surface area contributed by atoms with Gasteiger partial charge >= 0.3 is 5.97 Å². The molecule has 1 saturated carbocycles. The van der Waals surface area contributed by atoms with E-state index in [1.54, 1.807) is 6.92 Å². The number of rotatable bonds is 4. The molecule has 0 aromatic rings. The summed E-state index contributed by atoms with van der Waals surface area (Å²) in [6.45, 7) is 4.72. The third kappa shape index (κ3) is 2.99. The molecule has 1 heterocycles. The molecule has 3 atom stereocenters. The van der Waals surface area contributed by atoms with Crippen LogP contribution in [0.15, 0.2) is 0 Å². The van der Waals surface area contributed by atoms with Gasteiger partial charge in [-0.3, -0.25) is 4.79 Å². The number of piperidine rings is 1. The Hall–Kier alpha value is -0.660. The van der Waals surface area contributed by atoms with E-state index in [1.165, 1.54) is 4.31 Å². The highest BCUT2D eigenvalue weighted by molar-refractivity contribution is 7.87. The van der Waals surface area contributed by atoms with Crippen molar-refractivity contribution in [2.75, 3.05) is 13.1 Å². The van der Waals surface area contributed by atoms with E-state index in [-0.39, 0.29) is 0 Å². The number of hydrogen-bond acceptors (Lipinski definition) is 3. The Labute approximate surface area is 120 Å². The second-order valence-electron chi connectivity index (χ2n) is 6.40. The van der Waals surface area contributed by atoms with Crippen LogP contribution in [0.4, 0.5) is 0 Å². The van der Waals surface area contributed by atoms with Crippen LogP contribution in [0, 0.1) is 11.3 Å². The van der Waals surface area contributed by atoms with Gasteiger partial charge in [0.25, 0.3) is 10.2 Å². The summed E-state index contributed by atoms with van der Waals surface area (Å²) in [7, 11) is -3.58. The van der Waals surface area contributed by atoms with Crippen LogP contribution < -0.4 is 4.72 Å². The maximum Gasteiger partial charge on any atom is 0.310 e. The first-order valence-corrected chi connectivity index (χ1v) is 8.70. The van der Waals surface area contributed by atoms with Crippen LogP contribution in [-0.2, 0) is 15.0 Å². The summed E-state index contributed by atoms with van der Waals surface area (Å²) in [6, 6.07) is -0.512. The van der Waals surface area contributed by atoms with Crippen molar-refractivity contribution in [3.63, 3.8) is 0 Å². The number of nitrogens with zero attached hydrogens (tertiary/aromatic N) is 1. The maximum atomic E-state index is 12.4. The molecule has 6 nitrogen and oxygen atoms in total. The minimum absolute atomic E-state index is 0.356. The van der Waals surface area contributed by atoms with Crippen LogP contribution in [0.2, 0.25) is 0 Å². The zero-order chi connectivity index (χ0) is 15.0. The molecule has 0 radical (unpaired) electrons. The van der Waals surface area contributed by atoms with Crippen LogP contribution in [0.25, 0.3) is 0 Å². The normalized spacial score (nSPS) is 36.1. The van der Waals surface area contributed by atoms with Gasteiger partial charge in [-0.15, -0.1) is 0 Å². The summed E-state index contributed by atoms with van der Waals surface area (Å²) in [5.74, 6) is -0.565. The Morgan fingerprint density at radius 2 is 2.05 bits per heavy atom. The van der Waals surface area contributed by atoms with Crippen LogP contribution in [0.1, 0.15) is 46.0 Å². The Bertz CT molecular complexity index is 479. The monoisotopic (exact) mass is 304 g/mol. The molecule has 7 heteroatoms. The van der Waals surface area contributed by atoms with Crippen molar-refractivity contribution in [3.05, 3.63) is 0 Å². The molecule has 20 heavy (non-hydrogen) atoms. The third-order valence-corrected chi connectivity index (χ3v) is 6.29. The van der Waals surface area contributed by atoms with Gasteiger partial charge in [0.1, 0.15) is 0 Å².